The molecule has 0 fully saturated rings. The largest absolute Gasteiger partial charge is 0.465 e. The van der Waals surface area contributed by atoms with E-state index in [0.29, 0.717) is 0 Å². The van der Waals surface area contributed by atoms with Crippen molar-refractivity contribution in [3.8, 4) is 0 Å². The Morgan fingerprint density at radius 2 is 0.875 bits per heavy atom. The van der Waals surface area contributed by atoms with Crippen LogP contribution in [0.1, 0.15) is 25.7 Å². The van der Waals surface area contributed by atoms with E-state index in [1.54, 1.807) is 0 Å². The van der Waals surface area contributed by atoms with Gasteiger partial charge < -0.3 is 15.2 Å². The van der Waals surface area contributed by atoms with Crippen molar-refractivity contribution in [1.29, 1.82) is 0 Å². The van der Waals surface area contributed by atoms with Crippen LogP contribution >= 0.6 is 0 Å². The Morgan fingerprint density at radius 3 is 1.20 bits per heavy atom. The molecule has 40 heavy (non-hydrogen) atoms. The van der Waals surface area contributed by atoms with Gasteiger partial charge in [0, 0.05) is 6.42 Å². The Bertz CT molecular complexity index is 883. The van der Waals surface area contributed by atoms with Gasteiger partial charge in [-0.2, -0.15) is 79.0 Å². The molecule has 0 heterocycles. The average molecular weight is 639 g/mol. The van der Waals surface area contributed by atoms with Crippen molar-refractivity contribution in [2.75, 3.05) is 13.2 Å². The summed E-state index contributed by atoms with van der Waals surface area (Å²) in [6.07, 6.45) is -21.5. The first-order valence-corrected chi connectivity index (χ1v) is 9.89. The lowest BCUT2D eigenvalue weighted by atomic mass is 10.0. The van der Waals surface area contributed by atoms with Crippen LogP contribution in [-0.2, 0) is 19.1 Å². The van der Waals surface area contributed by atoms with Crippen LogP contribution in [-0.4, -0.2) is 79.1 Å². The van der Waals surface area contributed by atoms with E-state index in [4.69, 9.17) is 5.73 Å². The zero-order valence-corrected chi connectivity index (χ0v) is 18.8. The third-order valence-corrected chi connectivity index (χ3v) is 4.72. The highest BCUT2D eigenvalue weighted by molar-refractivity contribution is 5.77. The van der Waals surface area contributed by atoms with Crippen LogP contribution in [0.3, 0.4) is 0 Å². The summed E-state index contributed by atoms with van der Waals surface area (Å²) < 4.78 is 236. The van der Waals surface area contributed by atoms with Crippen molar-refractivity contribution in [3.63, 3.8) is 0 Å². The summed E-state index contributed by atoms with van der Waals surface area (Å²) in [5, 5.41) is 0. The van der Waals surface area contributed by atoms with Gasteiger partial charge in [-0.3, -0.25) is 9.59 Å². The maximum Gasteiger partial charge on any atom is 0.460 e. The number of rotatable bonds is 14. The molecule has 238 valence electrons. The lowest BCUT2D eigenvalue weighted by Gasteiger charge is -2.33. The van der Waals surface area contributed by atoms with Gasteiger partial charge in [0.25, 0.3) is 0 Å². The summed E-state index contributed by atoms with van der Waals surface area (Å²) in [6.45, 7) is -3.79. The average Bonchev–Trinajstić information content (AvgIpc) is 2.74. The molecular formula is C17H15F18NO4. The predicted octanol–water partition coefficient (Wildman–Crippen LogP) is 5.90. The third kappa shape index (κ3) is 7.68. The molecule has 0 rings (SSSR count). The second kappa shape index (κ2) is 11.9. The van der Waals surface area contributed by atoms with Crippen molar-refractivity contribution in [1.82, 2.24) is 0 Å². The second-order valence-corrected chi connectivity index (χ2v) is 7.74. The minimum Gasteiger partial charge on any atom is -0.465 e. The van der Waals surface area contributed by atoms with Gasteiger partial charge in [-0.1, -0.05) is 0 Å². The van der Waals surface area contributed by atoms with Crippen molar-refractivity contribution in [2.24, 2.45) is 5.73 Å². The Kier molecular flexibility index (Phi) is 11.2. The molecule has 1 atom stereocenters. The normalized spacial score (nSPS) is 15.6. The van der Waals surface area contributed by atoms with Crippen molar-refractivity contribution in [3.05, 3.63) is 0 Å². The summed E-state index contributed by atoms with van der Waals surface area (Å²) in [6, 6.07) is -2.09. The number of carbonyl (C=O) groups is 2. The maximum absolute atomic E-state index is 13.3. The lowest BCUT2D eigenvalue weighted by Crippen LogP contribution is -2.61. The standard InChI is InChI=1S/C17H15F18NO4/c18-10(19,12(22,23)14(26,27)16(30,31)32)3-5-39-8(37)2-1-7(36)9(38)40-6-4-11(20,21)13(24,25)15(28,29)17(33,34)35/h7H,1-6,36H2. The summed E-state index contributed by atoms with van der Waals surface area (Å²) in [5.41, 5.74) is 5.08. The van der Waals surface area contributed by atoms with Gasteiger partial charge in [0.2, 0.25) is 0 Å². The molecule has 2 N–H and O–H groups in total. The first kappa shape index (κ1) is 37.6. The Morgan fingerprint density at radius 1 is 0.550 bits per heavy atom. The van der Waals surface area contributed by atoms with E-state index in [9.17, 15) is 88.6 Å². The van der Waals surface area contributed by atoms with Gasteiger partial charge in [0.15, 0.2) is 0 Å². The van der Waals surface area contributed by atoms with E-state index in [1.165, 1.54) is 0 Å². The van der Waals surface area contributed by atoms with E-state index < -0.39 is 105 Å². The molecule has 0 aliphatic carbocycles. The monoisotopic (exact) mass is 639 g/mol. The van der Waals surface area contributed by atoms with Crippen LogP contribution in [0.5, 0.6) is 0 Å². The molecule has 0 bridgehead atoms. The molecule has 0 amide bonds. The molecule has 0 aliphatic heterocycles. The van der Waals surface area contributed by atoms with Crippen LogP contribution in [0.2, 0.25) is 0 Å². The van der Waals surface area contributed by atoms with Crippen LogP contribution in [0.4, 0.5) is 79.0 Å². The van der Waals surface area contributed by atoms with Crippen molar-refractivity contribution >= 4 is 11.9 Å². The first-order valence-electron chi connectivity index (χ1n) is 9.89. The molecular weight excluding hydrogens is 624 g/mol. The SMILES string of the molecule is NC(CCC(=O)OCCC(F)(F)C(F)(F)C(F)(F)C(F)(F)F)C(=O)OCCC(F)(F)C(F)(F)C(F)(F)C(F)(F)F. The summed E-state index contributed by atoms with van der Waals surface area (Å²) in [4.78, 5) is 22.8. The molecule has 0 radical (unpaired) electrons. The van der Waals surface area contributed by atoms with Gasteiger partial charge >= 0.3 is 59.8 Å². The van der Waals surface area contributed by atoms with E-state index in [-0.39, 0.29) is 0 Å². The minimum atomic E-state index is -7.21. The lowest BCUT2D eigenvalue weighted by molar-refractivity contribution is -0.397. The quantitative estimate of drug-likeness (QED) is 0.189. The number of carbonyl (C=O) groups excluding carboxylic acids is 2. The molecule has 0 spiro atoms. The van der Waals surface area contributed by atoms with Gasteiger partial charge in [-0.05, 0) is 6.42 Å². The predicted molar refractivity (Wildman–Crippen MR) is 90.2 cm³/mol. The highest BCUT2D eigenvalue weighted by Crippen LogP contribution is 2.55. The zero-order chi connectivity index (χ0) is 32.4. The number of nitrogens with two attached hydrogens (primary N) is 1. The van der Waals surface area contributed by atoms with E-state index >= 15 is 0 Å². The smallest absolute Gasteiger partial charge is 0.460 e. The van der Waals surface area contributed by atoms with E-state index in [0.717, 1.165) is 0 Å². The van der Waals surface area contributed by atoms with Gasteiger partial charge in [-0.25, -0.2) is 0 Å². The summed E-state index contributed by atoms with van der Waals surface area (Å²) in [5.74, 6) is -44.1. The third-order valence-electron chi connectivity index (χ3n) is 4.72. The summed E-state index contributed by atoms with van der Waals surface area (Å²) in [7, 11) is 0. The first-order chi connectivity index (χ1) is 17.4. The molecule has 0 aliphatic rings. The highest BCUT2D eigenvalue weighted by atomic mass is 19.4. The van der Waals surface area contributed by atoms with Crippen molar-refractivity contribution < 1.29 is 98.1 Å². The van der Waals surface area contributed by atoms with E-state index in [1.807, 2.05) is 0 Å². The number of hydrogen-bond donors (Lipinski definition) is 1. The molecule has 23 heteroatoms. The van der Waals surface area contributed by atoms with E-state index in [2.05, 4.69) is 9.47 Å². The molecule has 0 aromatic heterocycles. The number of alkyl halides is 18. The van der Waals surface area contributed by atoms with Crippen molar-refractivity contribution in [2.45, 2.75) is 79.6 Å². The van der Waals surface area contributed by atoms with Gasteiger partial charge in [-0.15, -0.1) is 0 Å². The second-order valence-electron chi connectivity index (χ2n) is 7.74. The number of halogens is 18. The maximum atomic E-state index is 13.3. The molecule has 0 aromatic carbocycles. The number of hydrogen-bond acceptors (Lipinski definition) is 5. The van der Waals surface area contributed by atoms with Crippen LogP contribution in [0.15, 0.2) is 0 Å². The molecule has 5 nitrogen and oxygen atoms in total. The topological polar surface area (TPSA) is 78.6 Å². The Labute approximate surface area is 209 Å². The highest BCUT2D eigenvalue weighted by Gasteiger charge is 2.82. The fourth-order valence-corrected chi connectivity index (χ4v) is 2.27. The Balaban J connectivity index is 4.83. The molecule has 0 saturated carbocycles. The number of esters is 2. The minimum absolute atomic E-state index is 0.991. The molecule has 0 saturated heterocycles. The van der Waals surface area contributed by atoms with Gasteiger partial charge in [0.05, 0.1) is 26.1 Å². The van der Waals surface area contributed by atoms with Crippen LogP contribution in [0.25, 0.3) is 0 Å². The van der Waals surface area contributed by atoms with Crippen LogP contribution < -0.4 is 5.73 Å². The van der Waals surface area contributed by atoms with Gasteiger partial charge in [0.1, 0.15) is 6.04 Å². The fraction of sp³-hybridized carbons (Fsp3) is 0.882. The molecule has 0 aromatic rings. The summed E-state index contributed by atoms with van der Waals surface area (Å²) >= 11 is 0. The number of ether oxygens (including phenoxy) is 2. The zero-order valence-electron chi connectivity index (χ0n) is 18.8. The molecule has 1 unspecified atom stereocenters. The fourth-order valence-electron chi connectivity index (χ4n) is 2.27. The van der Waals surface area contributed by atoms with Crippen LogP contribution in [0, 0.1) is 0 Å². The Hall–Kier alpha value is -2.36.